The van der Waals surface area contributed by atoms with Gasteiger partial charge in [0.2, 0.25) is 5.91 Å². The lowest BCUT2D eigenvalue weighted by Gasteiger charge is -2.21. The molecule has 0 spiro atoms. The third-order valence-electron chi connectivity index (χ3n) is 6.50. The number of anilines is 3. The van der Waals surface area contributed by atoms with Crippen molar-refractivity contribution in [3.63, 3.8) is 0 Å². The number of hydrogen-bond donors (Lipinski definition) is 3. The molecular formula is C29H29ClN6O2. The van der Waals surface area contributed by atoms with Crippen LogP contribution in [-0.2, 0) is 11.3 Å². The van der Waals surface area contributed by atoms with Crippen LogP contribution in [0, 0.1) is 6.92 Å². The lowest BCUT2D eigenvalue weighted by molar-refractivity contribution is -0.114. The summed E-state index contributed by atoms with van der Waals surface area (Å²) in [7, 11) is 0. The molecule has 1 aliphatic rings. The molecule has 5 rings (SSSR count). The van der Waals surface area contributed by atoms with Crippen molar-refractivity contribution in [1.29, 1.82) is 0 Å². The normalized spacial score (nSPS) is 13.4. The van der Waals surface area contributed by atoms with Crippen LogP contribution in [0.2, 0.25) is 5.02 Å². The van der Waals surface area contributed by atoms with Gasteiger partial charge >= 0.3 is 0 Å². The van der Waals surface area contributed by atoms with Crippen molar-refractivity contribution in [2.24, 2.45) is 0 Å². The summed E-state index contributed by atoms with van der Waals surface area (Å²) in [5.74, 6) is 0.0826. The number of aromatic nitrogens is 2. The van der Waals surface area contributed by atoms with Gasteiger partial charge < -0.3 is 16.4 Å². The molecule has 0 aliphatic carbocycles. The van der Waals surface area contributed by atoms with E-state index in [0.717, 1.165) is 17.7 Å². The van der Waals surface area contributed by atoms with Gasteiger partial charge in [-0.2, -0.15) is 0 Å². The monoisotopic (exact) mass is 528 g/mol. The highest BCUT2D eigenvalue weighted by Crippen LogP contribution is 2.32. The lowest BCUT2D eigenvalue weighted by Crippen LogP contribution is -2.36. The highest BCUT2D eigenvalue weighted by atomic mass is 35.5. The van der Waals surface area contributed by atoms with Crippen LogP contribution in [0.3, 0.4) is 0 Å². The van der Waals surface area contributed by atoms with Gasteiger partial charge in [-0.15, -0.1) is 0 Å². The average molecular weight is 529 g/mol. The van der Waals surface area contributed by atoms with Crippen LogP contribution < -0.4 is 21.3 Å². The molecule has 4 aromatic rings. The predicted molar refractivity (Wildman–Crippen MR) is 152 cm³/mol. The number of imidazole rings is 1. The predicted octanol–water partition coefficient (Wildman–Crippen LogP) is 5.18. The van der Waals surface area contributed by atoms with Crippen molar-refractivity contribution in [2.75, 3.05) is 22.5 Å². The second-order valence-electron chi connectivity index (χ2n) is 9.58. The van der Waals surface area contributed by atoms with Gasteiger partial charge in [-0.25, -0.2) is 4.98 Å². The van der Waals surface area contributed by atoms with Gasteiger partial charge in [0.25, 0.3) is 5.91 Å². The van der Waals surface area contributed by atoms with Gasteiger partial charge in [-0.3, -0.25) is 19.1 Å². The summed E-state index contributed by atoms with van der Waals surface area (Å²) in [6.45, 7) is 6.62. The van der Waals surface area contributed by atoms with Crippen LogP contribution in [0.15, 0.2) is 66.7 Å². The molecule has 0 bridgehead atoms. The molecule has 2 amide bonds. The van der Waals surface area contributed by atoms with E-state index in [4.69, 9.17) is 17.3 Å². The Balaban J connectivity index is 1.51. The summed E-state index contributed by atoms with van der Waals surface area (Å²) in [6.07, 6.45) is 0. The molecule has 0 radical (unpaired) electrons. The lowest BCUT2D eigenvalue weighted by atomic mass is 9.99. The molecule has 4 N–H and O–H groups in total. The van der Waals surface area contributed by atoms with Gasteiger partial charge in [0, 0.05) is 24.0 Å². The first-order valence-corrected chi connectivity index (χ1v) is 12.8. The summed E-state index contributed by atoms with van der Waals surface area (Å²) in [5.41, 5.74) is 11.2. The highest BCUT2D eigenvalue weighted by Gasteiger charge is 2.33. The second-order valence-corrected chi connectivity index (χ2v) is 9.98. The summed E-state index contributed by atoms with van der Waals surface area (Å²) in [5, 5.41) is 6.67. The first-order valence-electron chi connectivity index (χ1n) is 12.4. The number of amides is 2. The number of nitrogens with one attached hydrogen (secondary N) is 2. The zero-order valence-electron chi connectivity index (χ0n) is 21.5. The van der Waals surface area contributed by atoms with E-state index < -0.39 is 0 Å². The average Bonchev–Trinajstić information content (AvgIpc) is 3.16. The van der Waals surface area contributed by atoms with Gasteiger partial charge in [-0.05, 0) is 53.9 Å². The van der Waals surface area contributed by atoms with Crippen LogP contribution >= 0.6 is 11.6 Å². The number of nitrogen functional groups attached to an aromatic ring is 1. The Hall–Kier alpha value is -4.14. The minimum Gasteiger partial charge on any atom is -0.397 e. The number of rotatable bonds is 6. The maximum absolute atomic E-state index is 13.9. The maximum Gasteiger partial charge on any atom is 0.279 e. The quantitative estimate of drug-likeness (QED) is 0.299. The fourth-order valence-corrected chi connectivity index (χ4v) is 4.73. The first kappa shape index (κ1) is 25.5. The van der Waals surface area contributed by atoms with E-state index in [1.807, 2.05) is 36.4 Å². The van der Waals surface area contributed by atoms with E-state index in [-0.39, 0.29) is 29.9 Å². The Labute approximate surface area is 226 Å². The van der Waals surface area contributed by atoms with E-state index in [2.05, 4.69) is 41.6 Å². The Morgan fingerprint density at radius 3 is 2.47 bits per heavy atom. The van der Waals surface area contributed by atoms with Gasteiger partial charge in [0.15, 0.2) is 11.5 Å². The number of fused-ring (bicyclic) bond motifs is 1. The van der Waals surface area contributed by atoms with Gasteiger partial charge in [0.05, 0.1) is 10.7 Å². The standard InChI is InChI=1S/C29H29ClN6O2/c1-17(2)32-15-20-6-4-5-7-23(20)19-8-10-21(11-9-19)35-16-26(37)34-28-27(29(35)38)36(18(3)33-28)22-12-13-24(30)25(31)14-22/h4-14,17,32H,15-16,31H2,1-3H3,(H,34,37). The van der Waals surface area contributed by atoms with E-state index >= 15 is 0 Å². The molecule has 1 aliphatic heterocycles. The number of nitrogens with zero attached hydrogens (tertiary/aromatic N) is 3. The molecule has 1 aromatic heterocycles. The van der Waals surface area contributed by atoms with Crippen LogP contribution in [0.4, 0.5) is 17.2 Å². The summed E-state index contributed by atoms with van der Waals surface area (Å²) in [4.78, 5) is 32.6. The summed E-state index contributed by atoms with van der Waals surface area (Å²) in [6, 6.07) is 21.4. The minimum atomic E-state index is -0.346. The Morgan fingerprint density at radius 1 is 1.05 bits per heavy atom. The number of carbonyl (C=O) groups excluding carboxylic acids is 2. The van der Waals surface area contributed by atoms with Crippen molar-refractivity contribution >= 4 is 40.6 Å². The third kappa shape index (κ3) is 4.88. The number of hydrogen-bond acceptors (Lipinski definition) is 5. The van der Waals surface area contributed by atoms with Crippen LogP contribution in [0.1, 0.15) is 35.7 Å². The number of aryl methyl sites for hydroxylation is 1. The van der Waals surface area contributed by atoms with Crippen LogP contribution in [-0.4, -0.2) is 34.0 Å². The smallest absolute Gasteiger partial charge is 0.279 e. The van der Waals surface area contributed by atoms with Crippen LogP contribution in [0.5, 0.6) is 0 Å². The number of benzene rings is 3. The largest absolute Gasteiger partial charge is 0.397 e. The molecule has 0 saturated carbocycles. The van der Waals surface area contributed by atoms with Gasteiger partial charge in [0.1, 0.15) is 12.4 Å². The van der Waals surface area contributed by atoms with Gasteiger partial charge in [-0.1, -0.05) is 61.8 Å². The molecule has 2 heterocycles. The Kier molecular flexibility index (Phi) is 6.93. The molecule has 0 atom stereocenters. The van der Waals surface area contributed by atoms with Crippen molar-refractivity contribution < 1.29 is 9.59 Å². The van der Waals surface area contributed by atoms with Crippen molar-refractivity contribution in [1.82, 2.24) is 14.9 Å². The highest BCUT2D eigenvalue weighted by molar-refractivity contribution is 6.33. The van der Waals surface area contributed by atoms with E-state index in [0.29, 0.717) is 34.0 Å². The maximum atomic E-state index is 13.9. The van der Waals surface area contributed by atoms with Crippen molar-refractivity contribution in [3.05, 3.63) is 88.8 Å². The van der Waals surface area contributed by atoms with Crippen LogP contribution in [0.25, 0.3) is 16.8 Å². The fraction of sp³-hybridized carbons (Fsp3) is 0.207. The first-order chi connectivity index (χ1) is 18.2. The molecule has 0 unspecified atom stereocenters. The molecule has 9 heteroatoms. The second kappa shape index (κ2) is 10.3. The molecule has 8 nitrogen and oxygen atoms in total. The molecule has 0 fully saturated rings. The zero-order chi connectivity index (χ0) is 27.0. The van der Waals surface area contributed by atoms with Crippen molar-refractivity contribution in [2.45, 2.75) is 33.4 Å². The minimum absolute atomic E-state index is 0.134. The van der Waals surface area contributed by atoms with E-state index in [1.54, 1.807) is 29.7 Å². The molecule has 38 heavy (non-hydrogen) atoms. The molecule has 3 aromatic carbocycles. The summed E-state index contributed by atoms with van der Waals surface area (Å²) < 4.78 is 1.69. The SMILES string of the molecule is Cc1nc2c(n1-c1ccc(Cl)c(N)c1)C(=O)N(c1ccc(-c3ccccc3CNC(C)C)cc1)CC(=O)N2. The molecule has 0 saturated heterocycles. The number of halogens is 1. The van der Waals surface area contributed by atoms with E-state index in [1.165, 1.54) is 10.5 Å². The van der Waals surface area contributed by atoms with Crippen molar-refractivity contribution in [3.8, 4) is 16.8 Å². The fourth-order valence-electron chi connectivity index (χ4n) is 4.62. The zero-order valence-corrected chi connectivity index (χ0v) is 22.2. The third-order valence-corrected chi connectivity index (χ3v) is 6.84. The topological polar surface area (TPSA) is 105 Å². The number of carbonyl (C=O) groups is 2. The number of nitrogens with two attached hydrogens (primary N) is 1. The molecule has 194 valence electrons. The Bertz CT molecular complexity index is 1530. The Morgan fingerprint density at radius 2 is 1.76 bits per heavy atom. The summed E-state index contributed by atoms with van der Waals surface area (Å²) >= 11 is 6.11. The molecular weight excluding hydrogens is 500 g/mol. The van der Waals surface area contributed by atoms with E-state index in [9.17, 15) is 9.59 Å².